The Bertz CT molecular complexity index is 911. The van der Waals surface area contributed by atoms with E-state index < -0.39 is 0 Å². The normalized spacial score (nSPS) is 14.3. The zero-order valence-corrected chi connectivity index (χ0v) is 16.3. The summed E-state index contributed by atoms with van der Waals surface area (Å²) >= 11 is 3.47. The van der Waals surface area contributed by atoms with Crippen LogP contribution in [-0.4, -0.2) is 41.1 Å². The van der Waals surface area contributed by atoms with Crippen LogP contribution in [0, 0.1) is 0 Å². The molecule has 1 saturated heterocycles. The van der Waals surface area contributed by atoms with E-state index in [2.05, 4.69) is 46.0 Å². The molecule has 3 aromatic rings. The first-order chi connectivity index (χ1) is 13.2. The van der Waals surface area contributed by atoms with Crippen LogP contribution in [-0.2, 0) is 0 Å². The van der Waals surface area contributed by atoms with Crippen molar-refractivity contribution in [2.45, 2.75) is 0 Å². The zero-order valence-electron chi connectivity index (χ0n) is 14.7. The lowest BCUT2D eigenvalue weighted by atomic mass is 10.2. The molecule has 0 unspecified atom stereocenters. The highest BCUT2D eigenvalue weighted by Crippen LogP contribution is 2.30. The van der Waals surface area contributed by atoms with E-state index >= 15 is 0 Å². The number of anilines is 5. The minimum Gasteiger partial charge on any atom is -0.393 e. The van der Waals surface area contributed by atoms with Crippen LogP contribution in [0.15, 0.2) is 59.5 Å². The number of hydrogen-bond acceptors (Lipinski definition) is 7. The van der Waals surface area contributed by atoms with Gasteiger partial charge in [0.1, 0.15) is 17.8 Å². The van der Waals surface area contributed by atoms with E-state index in [0.29, 0.717) is 11.5 Å². The monoisotopic (exact) mass is 425 g/mol. The van der Waals surface area contributed by atoms with Crippen LogP contribution in [0.3, 0.4) is 0 Å². The Hall–Kier alpha value is -2.87. The molecule has 1 aliphatic heterocycles. The molecule has 4 rings (SSSR count). The van der Waals surface area contributed by atoms with E-state index in [1.54, 1.807) is 6.33 Å². The molecule has 1 aliphatic rings. The van der Waals surface area contributed by atoms with Crippen molar-refractivity contribution in [2.75, 3.05) is 47.0 Å². The predicted octanol–water partition coefficient (Wildman–Crippen LogP) is 3.29. The Labute approximate surface area is 166 Å². The molecule has 138 valence electrons. The third-order valence-electron chi connectivity index (χ3n) is 4.50. The molecular weight excluding hydrogens is 406 g/mol. The van der Waals surface area contributed by atoms with Crippen molar-refractivity contribution < 1.29 is 0 Å². The van der Waals surface area contributed by atoms with Crippen LogP contribution < -0.4 is 20.9 Å². The van der Waals surface area contributed by atoms with E-state index in [1.807, 2.05) is 48.7 Å². The summed E-state index contributed by atoms with van der Waals surface area (Å²) in [4.78, 5) is 17.6. The Kier molecular flexibility index (Phi) is 5.06. The first-order valence-electron chi connectivity index (χ1n) is 8.75. The summed E-state index contributed by atoms with van der Waals surface area (Å²) in [5, 5.41) is 3.27. The molecule has 0 aliphatic carbocycles. The second-order valence-electron chi connectivity index (χ2n) is 6.26. The predicted molar refractivity (Wildman–Crippen MR) is 113 cm³/mol. The first kappa shape index (κ1) is 17.5. The SMILES string of the molecule is Nc1c(Nc2cccc(Br)c2)ncnc1N1CCN(c2ccccn2)CC1. The quantitative estimate of drug-likeness (QED) is 0.663. The lowest BCUT2D eigenvalue weighted by Gasteiger charge is -2.36. The van der Waals surface area contributed by atoms with E-state index in [4.69, 9.17) is 5.73 Å². The zero-order chi connectivity index (χ0) is 18.6. The van der Waals surface area contributed by atoms with Gasteiger partial charge in [0.05, 0.1) is 0 Å². The molecule has 0 atom stereocenters. The fraction of sp³-hybridized carbons (Fsp3) is 0.211. The number of nitrogen functional groups attached to an aromatic ring is 1. The molecule has 3 heterocycles. The van der Waals surface area contributed by atoms with Gasteiger partial charge in [-0.2, -0.15) is 0 Å². The van der Waals surface area contributed by atoms with Gasteiger partial charge in [-0.3, -0.25) is 0 Å². The molecule has 0 saturated carbocycles. The molecule has 1 aromatic carbocycles. The molecule has 7 nitrogen and oxygen atoms in total. The van der Waals surface area contributed by atoms with Gasteiger partial charge in [0.15, 0.2) is 11.6 Å². The maximum atomic E-state index is 6.38. The van der Waals surface area contributed by atoms with E-state index in [9.17, 15) is 0 Å². The number of pyridine rings is 1. The van der Waals surface area contributed by atoms with Gasteiger partial charge < -0.3 is 20.9 Å². The van der Waals surface area contributed by atoms with Gasteiger partial charge >= 0.3 is 0 Å². The molecule has 1 fully saturated rings. The number of nitrogens with zero attached hydrogens (tertiary/aromatic N) is 5. The number of halogens is 1. The van der Waals surface area contributed by atoms with Gasteiger partial charge in [0, 0.05) is 42.5 Å². The van der Waals surface area contributed by atoms with Crippen molar-refractivity contribution in [3.05, 3.63) is 59.5 Å². The van der Waals surface area contributed by atoms with Gasteiger partial charge in [0.2, 0.25) is 0 Å². The van der Waals surface area contributed by atoms with Crippen LogP contribution in [0.25, 0.3) is 0 Å². The van der Waals surface area contributed by atoms with Gasteiger partial charge in [-0.1, -0.05) is 28.1 Å². The summed E-state index contributed by atoms with van der Waals surface area (Å²) < 4.78 is 0.992. The summed E-state index contributed by atoms with van der Waals surface area (Å²) in [6, 6.07) is 13.9. The molecule has 0 bridgehead atoms. The number of nitrogens with one attached hydrogen (secondary N) is 1. The lowest BCUT2D eigenvalue weighted by molar-refractivity contribution is 0.642. The summed E-state index contributed by atoms with van der Waals surface area (Å²) in [5.74, 6) is 2.39. The average molecular weight is 426 g/mol. The third-order valence-corrected chi connectivity index (χ3v) is 5.00. The Morgan fingerprint density at radius 1 is 0.926 bits per heavy atom. The van der Waals surface area contributed by atoms with Crippen molar-refractivity contribution in [1.82, 2.24) is 15.0 Å². The summed E-state index contributed by atoms with van der Waals surface area (Å²) in [6.45, 7) is 3.39. The maximum Gasteiger partial charge on any atom is 0.159 e. The Balaban J connectivity index is 1.48. The Morgan fingerprint density at radius 2 is 1.74 bits per heavy atom. The molecular formula is C19H20BrN7. The molecule has 0 radical (unpaired) electrons. The Morgan fingerprint density at radius 3 is 2.48 bits per heavy atom. The number of hydrogen-bond donors (Lipinski definition) is 2. The van der Waals surface area contributed by atoms with Crippen LogP contribution in [0.1, 0.15) is 0 Å². The second-order valence-corrected chi connectivity index (χ2v) is 7.17. The third kappa shape index (κ3) is 3.95. The van der Waals surface area contributed by atoms with Gasteiger partial charge in [-0.25, -0.2) is 15.0 Å². The molecule has 27 heavy (non-hydrogen) atoms. The summed E-state index contributed by atoms with van der Waals surface area (Å²) in [5.41, 5.74) is 7.86. The largest absolute Gasteiger partial charge is 0.393 e. The average Bonchev–Trinajstić information content (AvgIpc) is 2.71. The van der Waals surface area contributed by atoms with Crippen molar-refractivity contribution in [1.29, 1.82) is 0 Å². The smallest absolute Gasteiger partial charge is 0.159 e. The summed E-state index contributed by atoms with van der Waals surface area (Å²) in [6.07, 6.45) is 3.38. The molecule has 3 N–H and O–H groups in total. The van der Waals surface area contributed by atoms with E-state index in [1.165, 1.54) is 0 Å². The minimum absolute atomic E-state index is 0.559. The number of piperazine rings is 1. The van der Waals surface area contributed by atoms with Crippen molar-refractivity contribution in [3.8, 4) is 0 Å². The van der Waals surface area contributed by atoms with Crippen LogP contribution in [0.4, 0.5) is 28.8 Å². The summed E-state index contributed by atoms with van der Waals surface area (Å²) in [7, 11) is 0. The molecule has 0 spiro atoms. The number of benzene rings is 1. The fourth-order valence-electron chi connectivity index (χ4n) is 3.13. The topological polar surface area (TPSA) is 83.2 Å². The highest BCUT2D eigenvalue weighted by molar-refractivity contribution is 9.10. The van der Waals surface area contributed by atoms with E-state index in [0.717, 1.165) is 48.0 Å². The van der Waals surface area contributed by atoms with Crippen molar-refractivity contribution in [3.63, 3.8) is 0 Å². The lowest BCUT2D eigenvalue weighted by Crippen LogP contribution is -2.47. The molecule has 0 amide bonds. The number of nitrogens with two attached hydrogens (primary N) is 1. The highest BCUT2D eigenvalue weighted by Gasteiger charge is 2.22. The number of aromatic nitrogens is 3. The molecule has 8 heteroatoms. The van der Waals surface area contributed by atoms with Crippen molar-refractivity contribution in [2.24, 2.45) is 0 Å². The first-order valence-corrected chi connectivity index (χ1v) is 9.54. The standard InChI is InChI=1S/C19H20BrN7/c20-14-4-3-5-15(12-14)25-18-17(21)19(24-13-23-18)27-10-8-26(9-11-27)16-6-1-2-7-22-16/h1-7,12-13H,8-11,21H2,(H,23,24,25). The van der Waals surface area contributed by atoms with Crippen molar-refractivity contribution >= 4 is 44.8 Å². The highest BCUT2D eigenvalue weighted by atomic mass is 79.9. The minimum atomic E-state index is 0.559. The molecule has 2 aromatic heterocycles. The maximum absolute atomic E-state index is 6.38. The number of rotatable bonds is 4. The second kappa shape index (κ2) is 7.79. The van der Waals surface area contributed by atoms with Crippen LogP contribution >= 0.6 is 15.9 Å². The van der Waals surface area contributed by atoms with Crippen LogP contribution in [0.2, 0.25) is 0 Å². The van der Waals surface area contributed by atoms with E-state index in [-0.39, 0.29) is 0 Å². The van der Waals surface area contributed by atoms with Gasteiger partial charge in [0.25, 0.3) is 0 Å². The fourth-order valence-corrected chi connectivity index (χ4v) is 3.53. The van der Waals surface area contributed by atoms with Gasteiger partial charge in [-0.15, -0.1) is 0 Å². The van der Waals surface area contributed by atoms with Gasteiger partial charge in [-0.05, 0) is 30.3 Å². The van der Waals surface area contributed by atoms with Crippen LogP contribution in [0.5, 0.6) is 0 Å².